The largest absolute Gasteiger partial charge is 0.279 e. The molecular weight excluding hydrogens is 534 g/mol. The number of aromatic nitrogens is 1. The van der Waals surface area contributed by atoms with E-state index in [0.717, 1.165) is 20.3 Å². The zero-order valence-electron chi connectivity index (χ0n) is 18.8. The second-order valence-corrected chi connectivity index (χ2v) is 11.5. The van der Waals surface area contributed by atoms with Gasteiger partial charge in [-0.2, -0.15) is 4.31 Å². The fourth-order valence-corrected chi connectivity index (χ4v) is 6.61. The normalized spacial score (nSPS) is 11.8. The molecule has 0 aliphatic heterocycles. The van der Waals surface area contributed by atoms with E-state index in [-0.39, 0.29) is 10.8 Å². The lowest BCUT2D eigenvalue weighted by Gasteiger charge is -2.21. The summed E-state index contributed by atoms with van der Waals surface area (Å²) >= 11 is 4.93. The molecule has 6 nitrogen and oxygen atoms in total. The van der Waals surface area contributed by atoms with Crippen molar-refractivity contribution in [2.75, 3.05) is 18.0 Å². The number of thiazole rings is 1. The van der Waals surface area contributed by atoms with Gasteiger partial charge in [0.15, 0.2) is 5.13 Å². The summed E-state index contributed by atoms with van der Waals surface area (Å²) in [5.41, 5.74) is 2.18. The Balaban J connectivity index is 1.70. The summed E-state index contributed by atoms with van der Waals surface area (Å²) in [6.45, 7) is 4.73. The van der Waals surface area contributed by atoms with E-state index >= 15 is 0 Å². The summed E-state index contributed by atoms with van der Waals surface area (Å²) in [6.07, 6.45) is 0. The standard InChI is InChI=1S/C25H24BrN3O3S2/c1-3-28(4-2)34(31,32)21-13-10-19(11-14-21)24(30)29(17-18-8-6-5-7-9-18)25-27-22-15-12-20(26)16-23(22)33-25/h5-16H,3-4,17H2,1-2H3. The van der Waals surface area contributed by atoms with Crippen LogP contribution in [-0.4, -0.2) is 36.7 Å². The van der Waals surface area contributed by atoms with E-state index in [1.165, 1.54) is 27.8 Å². The molecule has 4 rings (SSSR count). The number of rotatable bonds is 8. The summed E-state index contributed by atoms with van der Waals surface area (Å²) in [5.74, 6) is -0.242. The van der Waals surface area contributed by atoms with Gasteiger partial charge in [0, 0.05) is 23.1 Å². The first kappa shape index (κ1) is 24.5. The Morgan fingerprint density at radius 3 is 2.29 bits per heavy atom. The van der Waals surface area contributed by atoms with E-state index in [0.29, 0.717) is 30.3 Å². The van der Waals surface area contributed by atoms with Gasteiger partial charge in [0.1, 0.15) is 0 Å². The Kier molecular flexibility index (Phi) is 7.47. The Morgan fingerprint density at radius 1 is 0.971 bits per heavy atom. The van der Waals surface area contributed by atoms with Gasteiger partial charge in [-0.05, 0) is 48.0 Å². The molecule has 0 radical (unpaired) electrons. The Hall–Kier alpha value is -2.59. The second-order valence-electron chi connectivity index (χ2n) is 7.60. The zero-order chi connectivity index (χ0) is 24.3. The van der Waals surface area contributed by atoms with Crippen LogP contribution in [0.4, 0.5) is 5.13 Å². The van der Waals surface area contributed by atoms with Gasteiger partial charge in [0.25, 0.3) is 5.91 Å². The highest BCUT2D eigenvalue weighted by molar-refractivity contribution is 9.10. The number of sulfonamides is 1. The summed E-state index contributed by atoms with van der Waals surface area (Å²) in [7, 11) is -3.59. The van der Waals surface area contributed by atoms with Crippen LogP contribution in [0.3, 0.4) is 0 Å². The summed E-state index contributed by atoms with van der Waals surface area (Å²) < 4.78 is 28.9. The molecule has 0 aliphatic rings. The molecule has 0 aliphatic carbocycles. The molecule has 34 heavy (non-hydrogen) atoms. The lowest BCUT2D eigenvalue weighted by Crippen LogP contribution is -2.31. The van der Waals surface area contributed by atoms with Crippen LogP contribution in [0, 0.1) is 0 Å². The maximum Gasteiger partial charge on any atom is 0.260 e. The maximum absolute atomic E-state index is 13.6. The Bertz CT molecular complexity index is 1400. The van der Waals surface area contributed by atoms with E-state index < -0.39 is 10.0 Å². The molecule has 1 heterocycles. The third-order valence-electron chi connectivity index (χ3n) is 5.44. The van der Waals surface area contributed by atoms with Crippen LogP contribution < -0.4 is 4.90 Å². The number of benzene rings is 3. The van der Waals surface area contributed by atoms with Crippen LogP contribution in [0.5, 0.6) is 0 Å². The van der Waals surface area contributed by atoms with Crippen molar-refractivity contribution in [1.82, 2.24) is 9.29 Å². The van der Waals surface area contributed by atoms with Crippen LogP contribution in [0.2, 0.25) is 0 Å². The third-order valence-corrected chi connectivity index (χ3v) is 9.04. The number of carbonyl (C=O) groups excluding carboxylic acids is 1. The zero-order valence-corrected chi connectivity index (χ0v) is 22.0. The van der Waals surface area contributed by atoms with Crippen molar-refractivity contribution in [1.29, 1.82) is 0 Å². The first-order chi connectivity index (χ1) is 16.3. The lowest BCUT2D eigenvalue weighted by atomic mass is 10.1. The number of nitrogens with zero attached hydrogens (tertiary/aromatic N) is 3. The van der Waals surface area contributed by atoms with Gasteiger partial charge in [-0.3, -0.25) is 9.69 Å². The highest BCUT2D eigenvalue weighted by atomic mass is 79.9. The van der Waals surface area contributed by atoms with Crippen molar-refractivity contribution >= 4 is 58.5 Å². The van der Waals surface area contributed by atoms with E-state index in [1.54, 1.807) is 30.9 Å². The molecule has 4 aromatic rings. The first-order valence-electron chi connectivity index (χ1n) is 10.9. The third kappa shape index (κ3) is 5.07. The number of halogens is 1. The molecular formula is C25H24BrN3O3S2. The molecule has 0 saturated carbocycles. The second kappa shape index (κ2) is 10.4. The van der Waals surface area contributed by atoms with Crippen molar-refractivity contribution in [3.63, 3.8) is 0 Å². The molecule has 0 spiro atoms. The predicted molar refractivity (Wildman–Crippen MR) is 141 cm³/mol. The van der Waals surface area contributed by atoms with Gasteiger partial charge in [-0.25, -0.2) is 13.4 Å². The average Bonchev–Trinajstić information content (AvgIpc) is 3.26. The molecule has 0 bridgehead atoms. The number of anilines is 1. The van der Waals surface area contributed by atoms with Gasteiger partial charge in [0.2, 0.25) is 10.0 Å². The predicted octanol–water partition coefficient (Wildman–Crippen LogP) is 5.94. The van der Waals surface area contributed by atoms with E-state index in [9.17, 15) is 13.2 Å². The van der Waals surface area contributed by atoms with Gasteiger partial charge >= 0.3 is 0 Å². The minimum Gasteiger partial charge on any atom is -0.279 e. The molecule has 0 atom stereocenters. The molecule has 0 saturated heterocycles. The first-order valence-corrected chi connectivity index (χ1v) is 13.9. The summed E-state index contributed by atoms with van der Waals surface area (Å²) in [4.78, 5) is 20.1. The molecule has 1 aromatic heterocycles. The summed E-state index contributed by atoms with van der Waals surface area (Å²) in [5, 5.41) is 0.585. The van der Waals surface area contributed by atoms with Crippen LogP contribution in [0.15, 0.2) is 82.2 Å². The van der Waals surface area contributed by atoms with Crippen LogP contribution in [-0.2, 0) is 16.6 Å². The Morgan fingerprint density at radius 2 is 1.65 bits per heavy atom. The fraction of sp³-hybridized carbons (Fsp3) is 0.200. The smallest absolute Gasteiger partial charge is 0.260 e. The number of fused-ring (bicyclic) bond motifs is 1. The van der Waals surface area contributed by atoms with Crippen molar-refractivity contribution in [3.05, 3.63) is 88.4 Å². The number of hydrogen-bond donors (Lipinski definition) is 0. The van der Waals surface area contributed by atoms with Crippen molar-refractivity contribution in [2.24, 2.45) is 0 Å². The topological polar surface area (TPSA) is 70.6 Å². The van der Waals surface area contributed by atoms with Gasteiger partial charge < -0.3 is 0 Å². The molecule has 9 heteroatoms. The molecule has 3 aromatic carbocycles. The molecule has 0 N–H and O–H groups in total. The fourth-order valence-electron chi connectivity index (χ4n) is 3.63. The Labute approximate surface area is 212 Å². The van der Waals surface area contributed by atoms with Crippen LogP contribution in [0.1, 0.15) is 29.8 Å². The molecule has 0 unspecified atom stereocenters. The van der Waals surface area contributed by atoms with Crippen LogP contribution in [0.25, 0.3) is 10.2 Å². The van der Waals surface area contributed by atoms with Gasteiger partial charge in [0.05, 0.1) is 21.7 Å². The average molecular weight is 559 g/mol. The lowest BCUT2D eigenvalue weighted by molar-refractivity contribution is 0.0985. The van der Waals surface area contributed by atoms with Gasteiger partial charge in [-0.15, -0.1) is 0 Å². The number of amides is 1. The molecule has 176 valence electrons. The van der Waals surface area contributed by atoms with Crippen molar-refractivity contribution < 1.29 is 13.2 Å². The van der Waals surface area contributed by atoms with E-state index in [1.807, 2.05) is 48.5 Å². The summed E-state index contributed by atoms with van der Waals surface area (Å²) in [6, 6.07) is 21.7. The van der Waals surface area contributed by atoms with Crippen LogP contribution >= 0.6 is 27.3 Å². The highest BCUT2D eigenvalue weighted by Gasteiger charge is 2.25. The van der Waals surface area contributed by atoms with Crippen molar-refractivity contribution in [3.8, 4) is 0 Å². The van der Waals surface area contributed by atoms with E-state index in [2.05, 4.69) is 15.9 Å². The number of carbonyl (C=O) groups is 1. The SMILES string of the molecule is CCN(CC)S(=O)(=O)c1ccc(C(=O)N(Cc2ccccc2)c2nc3ccc(Br)cc3s2)cc1. The number of hydrogen-bond acceptors (Lipinski definition) is 5. The minimum absolute atomic E-state index is 0.173. The molecule has 0 fully saturated rings. The van der Waals surface area contributed by atoms with E-state index in [4.69, 9.17) is 4.98 Å². The quantitative estimate of drug-likeness (QED) is 0.269. The monoisotopic (exact) mass is 557 g/mol. The minimum atomic E-state index is -3.59. The maximum atomic E-state index is 13.6. The van der Waals surface area contributed by atoms with Crippen molar-refractivity contribution in [2.45, 2.75) is 25.3 Å². The van der Waals surface area contributed by atoms with Gasteiger partial charge in [-0.1, -0.05) is 71.4 Å². The highest BCUT2D eigenvalue weighted by Crippen LogP contribution is 2.32. The molecule has 1 amide bonds.